The molecule has 1 atom stereocenters. The molecule has 0 unspecified atom stereocenters. The zero-order chi connectivity index (χ0) is 16.2. The summed E-state index contributed by atoms with van der Waals surface area (Å²) in [6.07, 6.45) is 7.96. The highest BCUT2D eigenvalue weighted by Crippen LogP contribution is 2.19. The minimum absolute atomic E-state index is 0.671. The molecule has 0 amide bonds. The molecule has 1 aliphatic rings. The summed E-state index contributed by atoms with van der Waals surface area (Å²) in [4.78, 5) is 11.1. The molecule has 2 aromatic heterocycles. The van der Waals surface area contributed by atoms with Crippen molar-refractivity contribution >= 4 is 11.1 Å². The molecule has 0 saturated carbocycles. The second-order valence-electron chi connectivity index (χ2n) is 6.61. The summed E-state index contributed by atoms with van der Waals surface area (Å²) in [6, 6.07) is 7.96. The average Bonchev–Trinajstić information content (AvgIpc) is 3.24. The Bertz CT molecular complexity index is 734. The maximum atomic E-state index is 5.80. The van der Waals surface area contributed by atoms with Crippen molar-refractivity contribution < 1.29 is 4.42 Å². The van der Waals surface area contributed by atoms with Gasteiger partial charge in [0, 0.05) is 19.5 Å². The van der Waals surface area contributed by atoms with Crippen LogP contribution >= 0.6 is 0 Å². The second-order valence-corrected chi connectivity index (χ2v) is 6.61. The quantitative estimate of drug-likeness (QED) is 0.697. The van der Waals surface area contributed by atoms with Gasteiger partial charge in [0.05, 0.1) is 0 Å². The summed E-state index contributed by atoms with van der Waals surface area (Å²) in [6.45, 7) is 4.42. The van der Waals surface area contributed by atoms with Crippen LogP contribution in [0, 0.1) is 5.92 Å². The van der Waals surface area contributed by atoms with Gasteiger partial charge in [0.2, 0.25) is 0 Å². The van der Waals surface area contributed by atoms with E-state index in [9.17, 15) is 0 Å². The first-order valence-corrected chi connectivity index (χ1v) is 8.76. The molecule has 3 aromatic rings. The van der Waals surface area contributed by atoms with Gasteiger partial charge in [0.1, 0.15) is 18.2 Å². The number of aryl methyl sites for hydroxylation is 1. The molecule has 1 fully saturated rings. The van der Waals surface area contributed by atoms with Crippen LogP contribution in [0.15, 0.2) is 41.3 Å². The molecular weight excluding hydrogens is 302 g/mol. The lowest BCUT2D eigenvalue weighted by molar-refractivity contribution is 0.158. The molecule has 6 heteroatoms. The monoisotopic (exact) mass is 325 g/mol. The van der Waals surface area contributed by atoms with Gasteiger partial charge in [-0.15, -0.1) is 0 Å². The van der Waals surface area contributed by atoms with Crippen LogP contribution < -0.4 is 0 Å². The third kappa shape index (κ3) is 3.64. The van der Waals surface area contributed by atoms with E-state index in [1.807, 2.05) is 35.3 Å². The summed E-state index contributed by atoms with van der Waals surface area (Å²) in [7, 11) is 0. The first-order chi connectivity index (χ1) is 11.9. The molecule has 126 valence electrons. The normalized spacial score (nSPS) is 19.1. The highest BCUT2D eigenvalue weighted by atomic mass is 16.3. The zero-order valence-corrected chi connectivity index (χ0v) is 13.8. The van der Waals surface area contributed by atoms with Crippen molar-refractivity contribution in [1.29, 1.82) is 0 Å². The number of hydrogen-bond acceptors (Lipinski definition) is 5. The van der Waals surface area contributed by atoms with Crippen molar-refractivity contribution in [3.05, 3.63) is 42.8 Å². The maximum absolute atomic E-state index is 5.80. The fourth-order valence-electron chi connectivity index (χ4n) is 3.58. The molecule has 0 radical (unpaired) electrons. The highest BCUT2D eigenvalue weighted by molar-refractivity contribution is 5.72. The molecule has 0 N–H and O–H groups in total. The number of fused-ring (bicyclic) bond motifs is 1. The van der Waals surface area contributed by atoms with Crippen molar-refractivity contribution in [2.24, 2.45) is 5.92 Å². The van der Waals surface area contributed by atoms with Crippen LogP contribution in [0.2, 0.25) is 0 Å². The van der Waals surface area contributed by atoms with E-state index in [0.717, 1.165) is 49.5 Å². The van der Waals surface area contributed by atoms with Crippen molar-refractivity contribution in [3.63, 3.8) is 0 Å². The summed E-state index contributed by atoms with van der Waals surface area (Å²) in [5.41, 5.74) is 1.84. The van der Waals surface area contributed by atoms with Crippen molar-refractivity contribution in [2.45, 2.75) is 32.2 Å². The lowest BCUT2D eigenvalue weighted by atomic mass is 9.98. The van der Waals surface area contributed by atoms with Crippen LogP contribution in [0.5, 0.6) is 0 Å². The first kappa shape index (κ1) is 15.3. The molecule has 0 aliphatic carbocycles. The van der Waals surface area contributed by atoms with Gasteiger partial charge >= 0.3 is 0 Å². The van der Waals surface area contributed by atoms with Gasteiger partial charge in [-0.25, -0.2) is 9.97 Å². The number of para-hydroxylation sites is 2. The van der Waals surface area contributed by atoms with E-state index in [1.54, 1.807) is 6.33 Å². The van der Waals surface area contributed by atoms with E-state index >= 15 is 0 Å². The maximum Gasteiger partial charge on any atom is 0.195 e. The summed E-state index contributed by atoms with van der Waals surface area (Å²) < 4.78 is 7.75. The number of likely N-dealkylation sites (tertiary alicyclic amines) is 1. The predicted octanol–water partition coefficient (Wildman–Crippen LogP) is 2.76. The molecule has 1 aliphatic heterocycles. The smallest absolute Gasteiger partial charge is 0.195 e. The van der Waals surface area contributed by atoms with Gasteiger partial charge in [-0.05, 0) is 50.4 Å². The molecular formula is C18H23N5O. The van der Waals surface area contributed by atoms with Crippen molar-refractivity contribution in [2.75, 3.05) is 19.6 Å². The Morgan fingerprint density at radius 2 is 2.21 bits per heavy atom. The van der Waals surface area contributed by atoms with E-state index in [4.69, 9.17) is 4.42 Å². The van der Waals surface area contributed by atoms with Crippen molar-refractivity contribution in [3.8, 4) is 0 Å². The van der Waals surface area contributed by atoms with E-state index in [0.29, 0.717) is 5.92 Å². The Balaban J connectivity index is 1.26. The Kier molecular flexibility index (Phi) is 4.55. The zero-order valence-electron chi connectivity index (χ0n) is 13.8. The fraction of sp³-hybridized carbons (Fsp3) is 0.500. The Morgan fingerprint density at radius 1 is 1.25 bits per heavy atom. The molecule has 3 heterocycles. The topological polar surface area (TPSA) is 60.0 Å². The molecule has 0 bridgehead atoms. The molecule has 24 heavy (non-hydrogen) atoms. The number of oxazole rings is 1. The summed E-state index contributed by atoms with van der Waals surface area (Å²) >= 11 is 0. The lowest BCUT2D eigenvalue weighted by Crippen LogP contribution is -2.37. The largest absolute Gasteiger partial charge is 0.441 e. The van der Waals surface area contributed by atoms with E-state index < -0.39 is 0 Å². The minimum atomic E-state index is 0.671. The van der Waals surface area contributed by atoms with Crippen LogP contribution in [-0.4, -0.2) is 44.3 Å². The number of hydrogen-bond donors (Lipinski definition) is 0. The molecule has 1 aromatic carbocycles. The van der Waals surface area contributed by atoms with Crippen LogP contribution in [0.4, 0.5) is 0 Å². The number of benzene rings is 1. The van der Waals surface area contributed by atoms with E-state index in [2.05, 4.69) is 20.0 Å². The fourth-order valence-corrected chi connectivity index (χ4v) is 3.58. The molecule has 6 nitrogen and oxygen atoms in total. The van der Waals surface area contributed by atoms with Crippen LogP contribution in [0.25, 0.3) is 11.1 Å². The van der Waals surface area contributed by atoms with Crippen molar-refractivity contribution in [1.82, 2.24) is 24.6 Å². The summed E-state index contributed by atoms with van der Waals surface area (Å²) in [5, 5.41) is 4.22. The number of nitrogens with zero attached hydrogens (tertiary/aromatic N) is 5. The third-order valence-electron chi connectivity index (χ3n) is 4.72. The standard InChI is InChI=1S/C18H23N5O/c1-2-7-17-16(6-1)21-18(24-17)8-4-10-22-9-3-5-15(11-22)12-23-14-19-13-20-23/h1-2,6-7,13-15H,3-5,8-12H2/t15-/m0/s1. The number of piperidine rings is 1. The van der Waals surface area contributed by atoms with Gasteiger partial charge in [-0.3, -0.25) is 4.68 Å². The van der Waals surface area contributed by atoms with Gasteiger partial charge in [0.15, 0.2) is 11.5 Å². The number of aromatic nitrogens is 4. The SMILES string of the molecule is c1ccc2oc(CCCN3CCC[C@H](Cn4cncn4)C3)nc2c1. The minimum Gasteiger partial charge on any atom is -0.441 e. The third-order valence-corrected chi connectivity index (χ3v) is 4.72. The first-order valence-electron chi connectivity index (χ1n) is 8.76. The Morgan fingerprint density at radius 3 is 3.08 bits per heavy atom. The predicted molar refractivity (Wildman–Crippen MR) is 91.5 cm³/mol. The average molecular weight is 325 g/mol. The lowest BCUT2D eigenvalue weighted by Gasteiger charge is -2.32. The van der Waals surface area contributed by atoms with Gasteiger partial charge in [0.25, 0.3) is 0 Å². The second kappa shape index (κ2) is 7.13. The van der Waals surface area contributed by atoms with Crippen LogP contribution in [0.3, 0.4) is 0 Å². The molecule has 4 rings (SSSR count). The van der Waals surface area contributed by atoms with E-state index in [-0.39, 0.29) is 0 Å². The Hall–Kier alpha value is -2.21. The highest BCUT2D eigenvalue weighted by Gasteiger charge is 2.20. The van der Waals surface area contributed by atoms with Gasteiger partial charge in [-0.1, -0.05) is 12.1 Å². The summed E-state index contributed by atoms with van der Waals surface area (Å²) in [5.74, 6) is 1.53. The van der Waals surface area contributed by atoms with Crippen LogP contribution in [0.1, 0.15) is 25.2 Å². The van der Waals surface area contributed by atoms with Gasteiger partial charge < -0.3 is 9.32 Å². The van der Waals surface area contributed by atoms with Gasteiger partial charge in [-0.2, -0.15) is 5.10 Å². The molecule has 0 spiro atoms. The van der Waals surface area contributed by atoms with E-state index in [1.165, 1.54) is 19.4 Å². The number of rotatable bonds is 6. The Labute approximate surface area is 141 Å². The van der Waals surface area contributed by atoms with Crippen LogP contribution in [-0.2, 0) is 13.0 Å². The molecule has 1 saturated heterocycles.